The summed E-state index contributed by atoms with van der Waals surface area (Å²) in [6.45, 7) is 7.61. The van der Waals surface area contributed by atoms with Crippen LogP contribution in [0.15, 0.2) is 16.4 Å². The highest BCUT2D eigenvalue weighted by Gasteiger charge is 2.24. The normalized spacial score (nSPS) is 18.1. The average molecular weight is 346 g/mol. The van der Waals surface area contributed by atoms with E-state index in [-0.39, 0.29) is 5.56 Å². The molecule has 1 N–H and O–H groups in total. The summed E-state index contributed by atoms with van der Waals surface area (Å²) in [4.78, 5) is 33.7. The number of aromatic nitrogens is 2. The molecule has 0 saturated heterocycles. The van der Waals surface area contributed by atoms with Gasteiger partial charge in [0, 0.05) is 11.0 Å². The lowest BCUT2D eigenvalue weighted by molar-refractivity contribution is -0.142. The number of carbonyl (C=O) groups is 1. The zero-order chi connectivity index (χ0) is 17.4. The molecule has 1 aliphatic rings. The van der Waals surface area contributed by atoms with Gasteiger partial charge in [-0.3, -0.25) is 4.79 Å². The van der Waals surface area contributed by atoms with E-state index in [0.717, 1.165) is 35.2 Å². The van der Waals surface area contributed by atoms with Crippen LogP contribution in [0, 0.1) is 5.92 Å². The Kier molecular flexibility index (Phi) is 4.58. The highest BCUT2D eigenvalue weighted by Crippen LogP contribution is 2.35. The topological polar surface area (TPSA) is 72.0 Å². The molecule has 0 amide bonds. The number of carbonyl (C=O) groups excluding carboxylic acids is 1. The fourth-order valence-electron chi connectivity index (χ4n) is 3.06. The molecule has 128 valence electrons. The van der Waals surface area contributed by atoms with Crippen molar-refractivity contribution in [3.63, 3.8) is 0 Å². The number of ether oxygens (including phenoxy) is 1. The van der Waals surface area contributed by atoms with E-state index in [1.54, 1.807) is 18.3 Å². The Morgan fingerprint density at radius 2 is 2.21 bits per heavy atom. The average Bonchev–Trinajstić information content (AvgIpc) is 2.83. The summed E-state index contributed by atoms with van der Waals surface area (Å²) in [6, 6.07) is 0. The second-order valence-electron chi connectivity index (χ2n) is 6.78. The van der Waals surface area contributed by atoms with Gasteiger partial charge in [0.1, 0.15) is 4.83 Å². The number of aryl methyl sites for hydroxylation is 1. The number of aromatic amines is 1. The van der Waals surface area contributed by atoms with Crippen molar-refractivity contribution in [1.29, 1.82) is 0 Å². The molecular formula is C18H22N2O3S. The van der Waals surface area contributed by atoms with E-state index in [0.29, 0.717) is 17.1 Å². The highest BCUT2D eigenvalue weighted by atomic mass is 32.1. The smallest absolute Gasteiger partial charge is 0.331 e. The van der Waals surface area contributed by atoms with Crippen LogP contribution in [-0.2, 0) is 22.4 Å². The van der Waals surface area contributed by atoms with Crippen molar-refractivity contribution in [3.05, 3.63) is 38.3 Å². The van der Waals surface area contributed by atoms with Crippen molar-refractivity contribution in [1.82, 2.24) is 9.97 Å². The lowest BCUT2D eigenvalue weighted by Crippen LogP contribution is -2.17. The number of fused-ring (bicyclic) bond motifs is 3. The number of H-pyrrole nitrogens is 1. The van der Waals surface area contributed by atoms with Crippen molar-refractivity contribution in [2.24, 2.45) is 5.92 Å². The van der Waals surface area contributed by atoms with Crippen LogP contribution in [0.25, 0.3) is 10.2 Å². The van der Waals surface area contributed by atoms with Gasteiger partial charge in [-0.25, -0.2) is 9.78 Å². The van der Waals surface area contributed by atoms with Crippen LogP contribution in [0.1, 0.15) is 56.5 Å². The van der Waals surface area contributed by atoms with Gasteiger partial charge in [0.15, 0.2) is 11.9 Å². The zero-order valence-electron chi connectivity index (χ0n) is 14.4. The number of rotatable bonds is 3. The molecule has 0 unspecified atom stereocenters. The van der Waals surface area contributed by atoms with E-state index in [4.69, 9.17) is 4.74 Å². The Morgan fingerprint density at radius 1 is 1.46 bits per heavy atom. The van der Waals surface area contributed by atoms with Gasteiger partial charge in [-0.05, 0) is 51.5 Å². The maximum Gasteiger partial charge on any atom is 0.331 e. The number of thiophene rings is 1. The van der Waals surface area contributed by atoms with Gasteiger partial charge in [-0.15, -0.1) is 11.3 Å². The van der Waals surface area contributed by atoms with Gasteiger partial charge in [-0.2, -0.15) is 0 Å². The molecule has 0 aromatic carbocycles. The molecule has 0 bridgehead atoms. The van der Waals surface area contributed by atoms with E-state index in [1.165, 1.54) is 11.0 Å². The van der Waals surface area contributed by atoms with Crippen LogP contribution in [-0.4, -0.2) is 15.9 Å². The van der Waals surface area contributed by atoms with Crippen LogP contribution < -0.4 is 5.56 Å². The molecule has 0 radical (unpaired) electrons. The highest BCUT2D eigenvalue weighted by molar-refractivity contribution is 7.18. The Bertz CT molecular complexity index is 874. The third-order valence-corrected chi connectivity index (χ3v) is 5.42. The molecule has 0 saturated carbocycles. The van der Waals surface area contributed by atoms with Crippen LogP contribution >= 0.6 is 11.3 Å². The number of allylic oxidation sites excluding steroid dienone is 1. The number of hydrogen-bond donors (Lipinski definition) is 1. The summed E-state index contributed by atoms with van der Waals surface area (Å²) in [5.74, 6) is 0.618. The summed E-state index contributed by atoms with van der Waals surface area (Å²) in [6.07, 6.45) is 3.89. The maximum atomic E-state index is 12.5. The van der Waals surface area contributed by atoms with Crippen molar-refractivity contribution < 1.29 is 9.53 Å². The zero-order valence-corrected chi connectivity index (χ0v) is 15.3. The Labute approximate surface area is 144 Å². The molecule has 1 aliphatic carbocycles. The minimum Gasteiger partial charge on any atom is -0.451 e. The van der Waals surface area contributed by atoms with E-state index in [9.17, 15) is 9.59 Å². The van der Waals surface area contributed by atoms with E-state index < -0.39 is 12.1 Å². The molecule has 2 heterocycles. The summed E-state index contributed by atoms with van der Waals surface area (Å²) < 4.78 is 5.33. The maximum absolute atomic E-state index is 12.5. The van der Waals surface area contributed by atoms with Crippen molar-refractivity contribution in [3.8, 4) is 0 Å². The summed E-state index contributed by atoms with van der Waals surface area (Å²) >= 11 is 1.60. The Hall–Kier alpha value is -1.95. The molecule has 0 fully saturated rings. The summed E-state index contributed by atoms with van der Waals surface area (Å²) in [7, 11) is 0. The summed E-state index contributed by atoms with van der Waals surface area (Å²) in [5.41, 5.74) is 1.89. The molecule has 5 nitrogen and oxygen atoms in total. The van der Waals surface area contributed by atoms with Gasteiger partial charge in [0.05, 0.1) is 5.39 Å². The molecule has 2 aromatic rings. The molecule has 0 aliphatic heterocycles. The largest absolute Gasteiger partial charge is 0.451 e. The molecule has 0 spiro atoms. The summed E-state index contributed by atoms with van der Waals surface area (Å²) in [5, 5.41) is 0.716. The number of esters is 1. The molecule has 3 rings (SSSR count). The number of hydrogen-bond acceptors (Lipinski definition) is 5. The van der Waals surface area contributed by atoms with Crippen molar-refractivity contribution in [2.45, 2.75) is 53.1 Å². The van der Waals surface area contributed by atoms with Crippen LogP contribution in [0.3, 0.4) is 0 Å². The van der Waals surface area contributed by atoms with Crippen molar-refractivity contribution in [2.75, 3.05) is 0 Å². The van der Waals surface area contributed by atoms with E-state index >= 15 is 0 Å². The first-order valence-corrected chi connectivity index (χ1v) is 9.06. The standard InChI is InChI=1S/C18H22N2O3S/c1-9(2)7-14(21)23-11(4)16-19-17(22)15-12-6-5-10(3)8-13(12)24-18(15)20-16/h7,10-11H,5-6,8H2,1-4H3,(H,19,20,22)/t10-,11+/m0/s1. The van der Waals surface area contributed by atoms with Gasteiger partial charge < -0.3 is 9.72 Å². The van der Waals surface area contributed by atoms with E-state index in [2.05, 4.69) is 16.9 Å². The van der Waals surface area contributed by atoms with Gasteiger partial charge >= 0.3 is 5.97 Å². The van der Waals surface area contributed by atoms with Crippen molar-refractivity contribution >= 4 is 27.5 Å². The lowest BCUT2D eigenvalue weighted by atomic mass is 9.89. The molecule has 2 aromatic heterocycles. The fourth-order valence-corrected chi connectivity index (χ4v) is 4.45. The molecule has 2 atom stereocenters. The van der Waals surface area contributed by atoms with Crippen LogP contribution in [0.4, 0.5) is 0 Å². The quantitative estimate of drug-likeness (QED) is 0.680. The first-order valence-electron chi connectivity index (χ1n) is 8.25. The minimum atomic E-state index is -0.594. The van der Waals surface area contributed by atoms with Gasteiger partial charge in [0.25, 0.3) is 5.56 Å². The van der Waals surface area contributed by atoms with Crippen LogP contribution in [0.2, 0.25) is 0 Å². The third-order valence-electron chi connectivity index (χ3n) is 4.27. The SMILES string of the molecule is CC(C)=CC(=O)O[C@H](C)c1nc2sc3c(c2c(=O)[nH]1)CC[C@H](C)C3. The first kappa shape index (κ1) is 16.9. The Balaban J connectivity index is 1.95. The third kappa shape index (κ3) is 3.29. The first-order chi connectivity index (χ1) is 11.3. The predicted octanol–water partition coefficient (Wildman–Crippen LogP) is 3.68. The predicted molar refractivity (Wildman–Crippen MR) is 95.4 cm³/mol. The van der Waals surface area contributed by atoms with Gasteiger partial charge in [-0.1, -0.05) is 12.5 Å². The molecule has 24 heavy (non-hydrogen) atoms. The molecule has 6 heteroatoms. The lowest BCUT2D eigenvalue weighted by Gasteiger charge is -2.17. The fraction of sp³-hybridized carbons (Fsp3) is 0.500. The second kappa shape index (κ2) is 6.51. The minimum absolute atomic E-state index is 0.132. The van der Waals surface area contributed by atoms with Gasteiger partial charge in [0.2, 0.25) is 0 Å². The monoisotopic (exact) mass is 346 g/mol. The van der Waals surface area contributed by atoms with E-state index in [1.807, 2.05) is 13.8 Å². The second-order valence-corrected chi connectivity index (χ2v) is 7.87. The molecular weight excluding hydrogens is 324 g/mol. The van der Waals surface area contributed by atoms with Crippen LogP contribution in [0.5, 0.6) is 0 Å². The number of nitrogens with zero attached hydrogens (tertiary/aromatic N) is 1. The Morgan fingerprint density at radius 3 is 2.92 bits per heavy atom. The number of nitrogens with one attached hydrogen (secondary N) is 1.